The quantitative estimate of drug-likeness (QED) is 0.422. The zero-order valence-corrected chi connectivity index (χ0v) is 15.3. The SMILES string of the molecule is Cc1ccc(/C=C(/C(=O)c2ccccc2)c2nc3ccccc3[nH]c2=O)cc1. The molecule has 0 bridgehead atoms. The van der Waals surface area contributed by atoms with Gasteiger partial charge in [0, 0.05) is 5.56 Å². The summed E-state index contributed by atoms with van der Waals surface area (Å²) in [6, 6.07) is 24.0. The number of hydrogen-bond donors (Lipinski definition) is 1. The molecule has 0 saturated heterocycles. The van der Waals surface area contributed by atoms with Gasteiger partial charge in [0.1, 0.15) is 5.69 Å². The third-order valence-electron chi connectivity index (χ3n) is 4.52. The summed E-state index contributed by atoms with van der Waals surface area (Å²) >= 11 is 0. The van der Waals surface area contributed by atoms with Gasteiger partial charge in [0.2, 0.25) is 0 Å². The summed E-state index contributed by atoms with van der Waals surface area (Å²) in [5, 5.41) is 0. The van der Waals surface area contributed by atoms with Gasteiger partial charge in [-0.15, -0.1) is 0 Å². The van der Waals surface area contributed by atoms with Crippen molar-refractivity contribution in [1.29, 1.82) is 0 Å². The largest absolute Gasteiger partial charge is 0.319 e. The lowest BCUT2D eigenvalue weighted by molar-refractivity contribution is 0.105. The molecule has 4 rings (SSSR count). The highest BCUT2D eigenvalue weighted by Crippen LogP contribution is 2.21. The number of aromatic amines is 1. The molecule has 0 aliphatic carbocycles. The minimum absolute atomic E-state index is 0.119. The standard InChI is InChI=1S/C24H18N2O2/c1-16-11-13-17(14-12-16)15-19(23(27)18-7-3-2-4-8-18)22-24(28)26-21-10-6-5-9-20(21)25-22/h2-15H,1H3,(H,26,28)/b19-15+. The van der Waals surface area contributed by atoms with Crippen molar-refractivity contribution in [3.8, 4) is 0 Å². The van der Waals surface area contributed by atoms with Crippen LogP contribution in [0.5, 0.6) is 0 Å². The third kappa shape index (κ3) is 3.53. The van der Waals surface area contributed by atoms with Crippen LogP contribution in [0, 0.1) is 6.92 Å². The average molecular weight is 366 g/mol. The molecule has 1 N–H and O–H groups in total. The summed E-state index contributed by atoms with van der Waals surface area (Å²) in [7, 11) is 0. The minimum Gasteiger partial charge on any atom is -0.319 e. The number of Topliss-reactive ketones (excluding diaryl/α,β-unsaturated/α-hetero) is 1. The number of carbonyl (C=O) groups excluding carboxylic acids is 1. The van der Waals surface area contributed by atoms with Crippen LogP contribution < -0.4 is 5.56 Å². The van der Waals surface area contributed by atoms with E-state index in [1.54, 1.807) is 36.4 Å². The number of carbonyl (C=O) groups is 1. The fourth-order valence-corrected chi connectivity index (χ4v) is 3.03. The highest BCUT2D eigenvalue weighted by molar-refractivity contribution is 6.32. The van der Waals surface area contributed by atoms with Crippen LogP contribution in [0.2, 0.25) is 0 Å². The number of rotatable bonds is 4. The Labute approximate surface area is 162 Å². The van der Waals surface area contributed by atoms with Gasteiger partial charge in [0.25, 0.3) is 5.56 Å². The number of allylic oxidation sites excluding steroid dienone is 1. The summed E-state index contributed by atoms with van der Waals surface area (Å²) in [5.41, 5.74) is 3.73. The Morgan fingerprint density at radius 3 is 2.32 bits per heavy atom. The summed E-state index contributed by atoms with van der Waals surface area (Å²) in [6.45, 7) is 2.00. The van der Waals surface area contributed by atoms with E-state index in [9.17, 15) is 9.59 Å². The van der Waals surface area contributed by atoms with Gasteiger partial charge < -0.3 is 4.98 Å². The van der Waals surface area contributed by atoms with Gasteiger partial charge in [-0.1, -0.05) is 72.3 Å². The number of aryl methyl sites for hydroxylation is 1. The van der Waals surface area contributed by atoms with Gasteiger partial charge in [-0.3, -0.25) is 9.59 Å². The van der Waals surface area contributed by atoms with E-state index in [2.05, 4.69) is 9.97 Å². The van der Waals surface area contributed by atoms with Crippen LogP contribution in [-0.2, 0) is 0 Å². The third-order valence-corrected chi connectivity index (χ3v) is 4.52. The smallest absolute Gasteiger partial charge is 0.275 e. The van der Waals surface area contributed by atoms with Crippen LogP contribution in [-0.4, -0.2) is 15.8 Å². The first kappa shape index (κ1) is 17.6. The second kappa shape index (κ2) is 7.45. The Hall–Kier alpha value is -3.79. The lowest BCUT2D eigenvalue weighted by Gasteiger charge is -2.08. The van der Waals surface area contributed by atoms with E-state index in [1.165, 1.54) is 0 Å². The molecule has 0 saturated carbocycles. The number of aromatic nitrogens is 2. The van der Waals surface area contributed by atoms with E-state index in [0.29, 0.717) is 16.6 Å². The van der Waals surface area contributed by atoms with Crippen molar-refractivity contribution in [3.05, 3.63) is 112 Å². The topological polar surface area (TPSA) is 62.8 Å². The van der Waals surface area contributed by atoms with Crippen molar-refractivity contribution >= 4 is 28.5 Å². The number of fused-ring (bicyclic) bond motifs is 1. The average Bonchev–Trinajstić information content (AvgIpc) is 2.73. The highest BCUT2D eigenvalue weighted by Gasteiger charge is 2.19. The number of nitrogens with one attached hydrogen (secondary N) is 1. The van der Waals surface area contributed by atoms with E-state index in [0.717, 1.165) is 11.1 Å². The second-order valence-electron chi connectivity index (χ2n) is 6.60. The number of hydrogen-bond acceptors (Lipinski definition) is 3. The van der Waals surface area contributed by atoms with Crippen LogP contribution >= 0.6 is 0 Å². The maximum absolute atomic E-state index is 13.2. The summed E-state index contributed by atoms with van der Waals surface area (Å²) < 4.78 is 0. The molecule has 1 heterocycles. The molecule has 0 unspecified atom stereocenters. The van der Waals surface area contributed by atoms with Crippen molar-refractivity contribution in [1.82, 2.24) is 9.97 Å². The number of nitrogens with zero attached hydrogens (tertiary/aromatic N) is 1. The van der Waals surface area contributed by atoms with Gasteiger partial charge in [0.15, 0.2) is 5.78 Å². The normalized spacial score (nSPS) is 11.5. The zero-order chi connectivity index (χ0) is 19.5. The van der Waals surface area contributed by atoms with Crippen molar-refractivity contribution < 1.29 is 4.79 Å². The number of H-pyrrole nitrogens is 1. The monoisotopic (exact) mass is 366 g/mol. The number of benzene rings is 3. The molecular formula is C24H18N2O2. The predicted molar refractivity (Wildman–Crippen MR) is 112 cm³/mol. The second-order valence-corrected chi connectivity index (χ2v) is 6.60. The highest BCUT2D eigenvalue weighted by atomic mass is 16.1. The Morgan fingerprint density at radius 2 is 1.57 bits per heavy atom. The Morgan fingerprint density at radius 1 is 0.893 bits per heavy atom. The molecule has 0 radical (unpaired) electrons. The maximum Gasteiger partial charge on any atom is 0.275 e. The van der Waals surface area contributed by atoms with Crippen LogP contribution in [0.25, 0.3) is 22.7 Å². The Balaban J connectivity index is 1.93. The van der Waals surface area contributed by atoms with Gasteiger partial charge in [-0.2, -0.15) is 0 Å². The Bertz CT molecular complexity index is 1240. The lowest BCUT2D eigenvalue weighted by atomic mass is 9.98. The van der Waals surface area contributed by atoms with E-state index in [4.69, 9.17) is 0 Å². The van der Waals surface area contributed by atoms with Crippen LogP contribution in [0.3, 0.4) is 0 Å². The molecule has 0 amide bonds. The summed E-state index contributed by atoms with van der Waals surface area (Å²) in [6.07, 6.45) is 1.72. The molecule has 28 heavy (non-hydrogen) atoms. The van der Waals surface area contributed by atoms with Crippen molar-refractivity contribution in [2.45, 2.75) is 6.92 Å². The number of para-hydroxylation sites is 2. The molecule has 1 aromatic heterocycles. The van der Waals surface area contributed by atoms with Gasteiger partial charge in [-0.05, 0) is 30.7 Å². The zero-order valence-electron chi connectivity index (χ0n) is 15.3. The predicted octanol–water partition coefficient (Wildman–Crippen LogP) is 4.66. The van der Waals surface area contributed by atoms with Crippen molar-refractivity contribution in [2.24, 2.45) is 0 Å². The molecule has 0 spiro atoms. The molecule has 136 valence electrons. The first-order valence-corrected chi connectivity index (χ1v) is 8.99. The molecule has 0 fully saturated rings. The van der Waals surface area contributed by atoms with Gasteiger partial charge >= 0.3 is 0 Å². The van der Waals surface area contributed by atoms with Crippen molar-refractivity contribution in [3.63, 3.8) is 0 Å². The molecule has 0 aliphatic rings. The van der Waals surface area contributed by atoms with Crippen molar-refractivity contribution in [2.75, 3.05) is 0 Å². The molecule has 0 aliphatic heterocycles. The minimum atomic E-state index is -0.388. The van der Waals surface area contributed by atoms with E-state index < -0.39 is 0 Å². The van der Waals surface area contributed by atoms with E-state index in [-0.39, 0.29) is 22.6 Å². The molecule has 4 heteroatoms. The Kier molecular flexibility index (Phi) is 4.68. The first-order chi connectivity index (χ1) is 13.6. The number of ketones is 1. The fourth-order valence-electron chi connectivity index (χ4n) is 3.03. The maximum atomic E-state index is 13.2. The van der Waals surface area contributed by atoms with Crippen LogP contribution in [0.1, 0.15) is 27.2 Å². The summed E-state index contributed by atoms with van der Waals surface area (Å²) in [4.78, 5) is 33.3. The van der Waals surface area contributed by atoms with Gasteiger partial charge in [-0.25, -0.2) is 4.98 Å². The fraction of sp³-hybridized carbons (Fsp3) is 0.0417. The lowest BCUT2D eigenvalue weighted by Crippen LogP contribution is -2.18. The molecule has 0 atom stereocenters. The molecular weight excluding hydrogens is 348 g/mol. The van der Waals surface area contributed by atoms with E-state index in [1.807, 2.05) is 55.5 Å². The first-order valence-electron chi connectivity index (χ1n) is 8.99. The summed E-state index contributed by atoms with van der Waals surface area (Å²) in [5.74, 6) is -0.241. The van der Waals surface area contributed by atoms with E-state index >= 15 is 0 Å². The molecule has 4 nitrogen and oxygen atoms in total. The van der Waals surface area contributed by atoms with Crippen LogP contribution in [0.4, 0.5) is 0 Å². The molecule has 4 aromatic rings. The molecule has 3 aromatic carbocycles. The van der Waals surface area contributed by atoms with Gasteiger partial charge in [0.05, 0.1) is 16.6 Å². The van der Waals surface area contributed by atoms with Crippen LogP contribution in [0.15, 0.2) is 83.7 Å².